The lowest BCUT2D eigenvalue weighted by Gasteiger charge is -2.19. The van der Waals surface area contributed by atoms with Crippen molar-refractivity contribution < 1.29 is 24.9 Å². The van der Waals surface area contributed by atoms with Crippen LogP contribution in [-0.2, 0) is 4.79 Å². The van der Waals surface area contributed by atoms with Gasteiger partial charge in [-0.05, 0) is 0 Å². The molecule has 0 fully saturated rings. The summed E-state index contributed by atoms with van der Waals surface area (Å²) in [5, 5.41) is 25.6. The Kier molecular flexibility index (Phi) is 5.43. The molecule has 0 unspecified atom stereocenters. The molecular formula is C12H13ClO5. The quantitative estimate of drug-likeness (QED) is 0.377. The molecule has 3 atom stereocenters. The van der Waals surface area contributed by atoms with Crippen molar-refractivity contribution >= 4 is 23.2 Å². The Bertz CT molecular complexity index is 420. The van der Waals surface area contributed by atoms with E-state index in [2.05, 4.69) is 0 Å². The Morgan fingerprint density at radius 2 is 1.72 bits per heavy atom. The third kappa shape index (κ3) is 3.36. The van der Waals surface area contributed by atoms with E-state index in [4.69, 9.17) is 21.8 Å². The summed E-state index contributed by atoms with van der Waals surface area (Å²) >= 11 is 5.61. The van der Waals surface area contributed by atoms with Gasteiger partial charge in [0.15, 0.2) is 0 Å². The minimum absolute atomic E-state index is 0.152. The van der Waals surface area contributed by atoms with Gasteiger partial charge in [-0.2, -0.15) is 0 Å². The van der Waals surface area contributed by atoms with Crippen molar-refractivity contribution in [1.82, 2.24) is 0 Å². The predicted molar refractivity (Wildman–Crippen MR) is 64.5 cm³/mol. The van der Waals surface area contributed by atoms with Crippen molar-refractivity contribution in [2.45, 2.75) is 17.6 Å². The first kappa shape index (κ1) is 14.8. The van der Waals surface area contributed by atoms with Gasteiger partial charge in [0.1, 0.15) is 17.6 Å². The number of hydrogen-bond acceptors (Lipinski definition) is 5. The summed E-state index contributed by atoms with van der Waals surface area (Å²) in [5.74, 6) is -1.87. The van der Waals surface area contributed by atoms with Crippen molar-refractivity contribution in [3.8, 4) is 0 Å². The number of rotatable bonds is 6. The van der Waals surface area contributed by atoms with Crippen molar-refractivity contribution in [3.05, 3.63) is 35.9 Å². The molecule has 0 aromatic heterocycles. The van der Waals surface area contributed by atoms with Gasteiger partial charge in [0.05, 0.1) is 6.61 Å². The molecule has 0 heterocycles. The molecule has 5 nitrogen and oxygen atoms in total. The highest BCUT2D eigenvalue weighted by Crippen LogP contribution is 2.12. The first-order valence-corrected chi connectivity index (χ1v) is 5.67. The second-order valence-corrected chi connectivity index (χ2v) is 4.17. The number of aliphatic hydroxyl groups is 3. The molecule has 1 aromatic rings. The van der Waals surface area contributed by atoms with Gasteiger partial charge in [-0.3, -0.25) is 9.59 Å². The maximum Gasteiger partial charge on any atom is 0.230 e. The number of Topliss-reactive ketones (excluding diaryl/α,β-unsaturated/α-hetero) is 2. The number of halogens is 1. The van der Waals surface area contributed by atoms with E-state index in [1.165, 1.54) is 12.1 Å². The molecule has 0 aliphatic rings. The SMILES string of the molecule is O=C(C(=O)[C@H](Cl)[C@H](O)[C@H](O)CO)c1ccccc1. The summed E-state index contributed by atoms with van der Waals surface area (Å²) < 4.78 is 0. The summed E-state index contributed by atoms with van der Waals surface area (Å²) in [6.07, 6.45) is -3.27. The van der Waals surface area contributed by atoms with Crippen LogP contribution in [0.25, 0.3) is 0 Å². The molecule has 0 bridgehead atoms. The first-order chi connectivity index (χ1) is 8.49. The summed E-state index contributed by atoms with van der Waals surface area (Å²) in [5.41, 5.74) is 0.152. The molecular weight excluding hydrogens is 260 g/mol. The fraction of sp³-hybridized carbons (Fsp3) is 0.333. The van der Waals surface area contributed by atoms with Crippen LogP contribution in [0.2, 0.25) is 0 Å². The molecule has 0 amide bonds. The second-order valence-electron chi connectivity index (χ2n) is 3.70. The highest BCUT2D eigenvalue weighted by atomic mass is 35.5. The van der Waals surface area contributed by atoms with Crippen molar-refractivity contribution in [1.29, 1.82) is 0 Å². The van der Waals surface area contributed by atoms with Gasteiger partial charge < -0.3 is 15.3 Å². The standard InChI is InChI=1S/C12H13ClO5/c13-9(11(17)8(15)6-14)12(18)10(16)7-4-2-1-3-5-7/h1-5,8-9,11,14-15,17H,6H2/t8-,9-,11-/m1/s1. The van der Waals surface area contributed by atoms with Crippen LogP contribution >= 0.6 is 11.6 Å². The fourth-order valence-electron chi connectivity index (χ4n) is 1.32. The van der Waals surface area contributed by atoms with Gasteiger partial charge in [0, 0.05) is 5.56 Å². The van der Waals surface area contributed by atoms with Gasteiger partial charge in [-0.25, -0.2) is 0 Å². The highest BCUT2D eigenvalue weighted by molar-refractivity contribution is 6.53. The van der Waals surface area contributed by atoms with Crippen LogP contribution in [0.4, 0.5) is 0 Å². The zero-order chi connectivity index (χ0) is 13.7. The number of carbonyl (C=O) groups excluding carboxylic acids is 2. The Morgan fingerprint density at radius 3 is 2.22 bits per heavy atom. The Balaban J connectivity index is 2.79. The maximum atomic E-state index is 11.7. The minimum Gasteiger partial charge on any atom is -0.394 e. The number of benzene rings is 1. The first-order valence-electron chi connectivity index (χ1n) is 5.23. The van der Waals surface area contributed by atoms with Gasteiger partial charge in [-0.1, -0.05) is 30.3 Å². The Morgan fingerprint density at radius 1 is 1.17 bits per heavy atom. The summed E-state index contributed by atoms with van der Waals surface area (Å²) in [6.45, 7) is -0.753. The molecule has 6 heteroatoms. The predicted octanol–water partition coefficient (Wildman–Crippen LogP) is -0.240. The van der Waals surface area contributed by atoms with E-state index in [0.29, 0.717) is 0 Å². The second kappa shape index (κ2) is 6.61. The molecule has 0 saturated carbocycles. The van der Waals surface area contributed by atoms with Gasteiger partial charge in [0.2, 0.25) is 11.6 Å². The third-order valence-electron chi connectivity index (χ3n) is 2.39. The Labute approximate surface area is 109 Å². The molecule has 0 spiro atoms. The zero-order valence-electron chi connectivity index (χ0n) is 9.36. The smallest absolute Gasteiger partial charge is 0.230 e. The summed E-state index contributed by atoms with van der Waals surface area (Å²) in [4.78, 5) is 23.4. The van der Waals surface area contributed by atoms with E-state index in [0.717, 1.165) is 0 Å². The number of aliphatic hydroxyl groups excluding tert-OH is 3. The summed E-state index contributed by atoms with van der Waals surface area (Å²) in [6, 6.07) is 7.74. The van der Waals surface area contributed by atoms with Gasteiger partial charge in [-0.15, -0.1) is 11.6 Å². The molecule has 0 aliphatic carbocycles. The summed E-state index contributed by atoms with van der Waals surface area (Å²) in [7, 11) is 0. The number of carbonyl (C=O) groups is 2. The largest absolute Gasteiger partial charge is 0.394 e. The average Bonchev–Trinajstić information content (AvgIpc) is 2.44. The number of hydrogen-bond donors (Lipinski definition) is 3. The lowest BCUT2D eigenvalue weighted by Crippen LogP contribution is -2.43. The van der Waals surface area contributed by atoms with Crippen LogP contribution < -0.4 is 0 Å². The van der Waals surface area contributed by atoms with Crippen LogP contribution in [-0.4, -0.2) is 51.1 Å². The minimum atomic E-state index is -1.70. The highest BCUT2D eigenvalue weighted by Gasteiger charge is 2.33. The Hall–Kier alpha value is -1.27. The van der Waals surface area contributed by atoms with Crippen LogP contribution in [0, 0.1) is 0 Å². The van der Waals surface area contributed by atoms with E-state index in [9.17, 15) is 14.7 Å². The molecule has 18 heavy (non-hydrogen) atoms. The third-order valence-corrected chi connectivity index (χ3v) is 2.85. The van der Waals surface area contributed by atoms with Crippen molar-refractivity contribution in [2.75, 3.05) is 6.61 Å². The van der Waals surface area contributed by atoms with Crippen molar-refractivity contribution in [3.63, 3.8) is 0 Å². The normalized spacial score (nSPS) is 15.8. The molecule has 1 rings (SSSR count). The molecule has 1 aromatic carbocycles. The number of ketones is 2. The molecule has 0 saturated heterocycles. The van der Waals surface area contributed by atoms with E-state index >= 15 is 0 Å². The molecule has 98 valence electrons. The zero-order valence-corrected chi connectivity index (χ0v) is 10.1. The average molecular weight is 273 g/mol. The monoisotopic (exact) mass is 272 g/mol. The van der Waals surface area contributed by atoms with Crippen LogP contribution in [0.1, 0.15) is 10.4 Å². The van der Waals surface area contributed by atoms with E-state index in [1.807, 2.05) is 0 Å². The van der Waals surface area contributed by atoms with Crippen LogP contribution in [0.3, 0.4) is 0 Å². The number of alkyl halides is 1. The lowest BCUT2D eigenvalue weighted by molar-refractivity contribution is -0.118. The maximum absolute atomic E-state index is 11.7. The molecule has 0 aliphatic heterocycles. The lowest BCUT2D eigenvalue weighted by atomic mass is 10.0. The van der Waals surface area contributed by atoms with Gasteiger partial charge in [0.25, 0.3) is 0 Å². The van der Waals surface area contributed by atoms with Crippen molar-refractivity contribution in [2.24, 2.45) is 0 Å². The van der Waals surface area contributed by atoms with E-state index in [-0.39, 0.29) is 5.56 Å². The van der Waals surface area contributed by atoms with Crippen LogP contribution in [0.5, 0.6) is 0 Å². The molecule has 0 radical (unpaired) electrons. The van der Waals surface area contributed by atoms with Gasteiger partial charge >= 0.3 is 0 Å². The van der Waals surface area contributed by atoms with E-state index < -0.39 is 35.8 Å². The fourth-order valence-corrected chi connectivity index (χ4v) is 1.58. The molecule has 3 N–H and O–H groups in total. The van der Waals surface area contributed by atoms with E-state index in [1.54, 1.807) is 18.2 Å². The van der Waals surface area contributed by atoms with Crippen LogP contribution in [0.15, 0.2) is 30.3 Å². The topological polar surface area (TPSA) is 94.8 Å².